The standard InChI is InChI=1S/C8H5N3O3S/c9-8(15)6-3-5(11(13)14)1-2-7(6)10-4-12/h1-3H,(H2,9,15). The summed E-state index contributed by atoms with van der Waals surface area (Å²) in [6.45, 7) is 0. The summed E-state index contributed by atoms with van der Waals surface area (Å²) in [6, 6.07) is 3.66. The average Bonchev–Trinajstić information content (AvgIpc) is 2.18. The molecule has 7 heteroatoms. The van der Waals surface area contributed by atoms with Crippen molar-refractivity contribution in [3.8, 4) is 0 Å². The lowest BCUT2D eigenvalue weighted by Crippen LogP contribution is -2.09. The van der Waals surface area contributed by atoms with Crippen LogP contribution in [0, 0.1) is 10.1 Å². The SMILES string of the molecule is NC(=S)c1cc([N+](=O)[O-])ccc1N=C=O. The number of nitro benzene ring substituents is 1. The largest absolute Gasteiger partial charge is 0.389 e. The van der Waals surface area contributed by atoms with Gasteiger partial charge in [-0.25, -0.2) is 4.79 Å². The van der Waals surface area contributed by atoms with Crippen LogP contribution in [0.5, 0.6) is 0 Å². The van der Waals surface area contributed by atoms with E-state index in [1.807, 2.05) is 0 Å². The predicted molar refractivity (Wildman–Crippen MR) is 56.8 cm³/mol. The van der Waals surface area contributed by atoms with Gasteiger partial charge in [0.15, 0.2) is 0 Å². The Bertz CT molecular complexity index is 480. The number of isocyanates is 1. The summed E-state index contributed by atoms with van der Waals surface area (Å²) in [5.41, 5.74) is 5.52. The molecule has 0 unspecified atom stereocenters. The van der Waals surface area contributed by atoms with Gasteiger partial charge in [-0.05, 0) is 6.07 Å². The van der Waals surface area contributed by atoms with Gasteiger partial charge in [0.25, 0.3) is 5.69 Å². The molecule has 0 radical (unpaired) electrons. The number of benzene rings is 1. The van der Waals surface area contributed by atoms with Crippen LogP contribution in [0.4, 0.5) is 11.4 Å². The molecule has 0 bridgehead atoms. The fraction of sp³-hybridized carbons (Fsp3) is 0. The van der Waals surface area contributed by atoms with Crippen molar-refractivity contribution in [2.45, 2.75) is 0 Å². The maximum Gasteiger partial charge on any atom is 0.270 e. The van der Waals surface area contributed by atoms with Gasteiger partial charge in [0.1, 0.15) is 4.99 Å². The Morgan fingerprint density at radius 3 is 2.73 bits per heavy atom. The Labute approximate surface area is 89.6 Å². The minimum absolute atomic E-state index is 0.0623. The van der Waals surface area contributed by atoms with Crippen molar-refractivity contribution in [2.24, 2.45) is 10.7 Å². The summed E-state index contributed by atoms with van der Waals surface area (Å²) >= 11 is 4.68. The van der Waals surface area contributed by atoms with Crippen LogP contribution in [-0.2, 0) is 4.79 Å². The molecule has 0 saturated carbocycles. The van der Waals surface area contributed by atoms with E-state index in [-0.39, 0.29) is 21.9 Å². The Balaban J connectivity index is 3.39. The smallest absolute Gasteiger partial charge is 0.270 e. The first-order valence-electron chi connectivity index (χ1n) is 3.72. The van der Waals surface area contributed by atoms with Gasteiger partial charge in [0.2, 0.25) is 6.08 Å². The number of hydrogen-bond donors (Lipinski definition) is 1. The van der Waals surface area contributed by atoms with Gasteiger partial charge < -0.3 is 5.73 Å². The molecule has 76 valence electrons. The Kier molecular flexibility index (Phi) is 3.22. The van der Waals surface area contributed by atoms with Crippen molar-refractivity contribution < 1.29 is 9.72 Å². The highest BCUT2D eigenvalue weighted by molar-refractivity contribution is 7.80. The molecule has 0 atom stereocenters. The Morgan fingerprint density at radius 2 is 2.27 bits per heavy atom. The summed E-state index contributed by atoms with van der Waals surface area (Å²) in [5.74, 6) is 0. The lowest BCUT2D eigenvalue weighted by Gasteiger charge is -2.01. The molecule has 0 fully saturated rings. The van der Waals surface area contributed by atoms with Crippen LogP contribution < -0.4 is 5.73 Å². The van der Waals surface area contributed by atoms with Gasteiger partial charge in [-0.2, -0.15) is 4.99 Å². The summed E-state index contributed by atoms with van der Waals surface area (Å²) in [4.78, 5) is 23.2. The maximum atomic E-state index is 10.5. The normalized spacial score (nSPS) is 9.07. The maximum absolute atomic E-state index is 10.5. The molecule has 0 amide bonds. The molecule has 15 heavy (non-hydrogen) atoms. The second kappa shape index (κ2) is 4.41. The molecule has 0 spiro atoms. The summed E-state index contributed by atoms with van der Waals surface area (Å²) < 4.78 is 0. The van der Waals surface area contributed by atoms with E-state index in [9.17, 15) is 14.9 Å². The lowest BCUT2D eigenvalue weighted by molar-refractivity contribution is -0.384. The lowest BCUT2D eigenvalue weighted by atomic mass is 10.1. The number of aliphatic imine (C=N–C) groups is 1. The third-order valence-electron chi connectivity index (χ3n) is 1.62. The average molecular weight is 223 g/mol. The van der Waals surface area contributed by atoms with Gasteiger partial charge >= 0.3 is 0 Å². The van der Waals surface area contributed by atoms with Crippen LogP contribution in [0.1, 0.15) is 5.56 Å². The molecule has 0 aliphatic carbocycles. The molecule has 1 aromatic rings. The molecule has 0 aliphatic heterocycles. The second-order valence-corrected chi connectivity index (χ2v) is 2.97. The van der Waals surface area contributed by atoms with Crippen LogP contribution in [0.15, 0.2) is 23.2 Å². The van der Waals surface area contributed by atoms with Crippen molar-refractivity contribution >= 4 is 34.7 Å². The predicted octanol–water partition coefficient (Wildman–Crippen LogP) is 1.20. The van der Waals surface area contributed by atoms with Crippen molar-refractivity contribution in [1.29, 1.82) is 0 Å². The quantitative estimate of drug-likeness (QED) is 0.273. The molecule has 0 aliphatic rings. The summed E-state index contributed by atoms with van der Waals surface area (Å²) in [7, 11) is 0. The molecule has 0 heterocycles. The monoisotopic (exact) mass is 223 g/mol. The van der Waals surface area contributed by atoms with Crippen molar-refractivity contribution in [3.63, 3.8) is 0 Å². The zero-order valence-electron chi connectivity index (χ0n) is 7.34. The van der Waals surface area contributed by atoms with Crippen LogP contribution in [0.25, 0.3) is 0 Å². The highest BCUT2D eigenvalue weighted by Gasteiger charge is 2.11. The third-order valence-corrected chi connectivity index (χ3v) is 1.84. The van der Waals surface area contributed by atoms with Crippen molar-refractivity contribution in [2.75, 3.05) is 0 Å². The highest BCUT2D eigenvalue weighted by Crippen LogP contribution is 2.23. The number of thiocarbonyl (C=S) groups is 1. The number of rotatable bonds is 3. The number of non-ortho nitro benzene ring substituents is 1. The first-order valence-corrected chi connectivity index (χ1v) is 4.13. The van der Waals surface area contributed by atoms with E-state index in [4.69, 9.17) is 5.73 Å². The van der Waals surface area contributed by atoms with E-state index < -0.39 is 4.92 Å². The van der Waals surface area contributed by atoms with Crippen molar-refractivity contribution in [3.05, 3.63) is 33.9 Å². The first-order chi connectivity index (χ1) is 7.06. The molecule has 1 rings (SSSR count). The summed E-state index contributed by atoms with van der Waals surface area (Å²) in [5, 5.41) is 10.5. The number of carbonyl (C=O) groups excluding carboxylic acids is 1. The van der Waals surface area contributed by atoms with E-state index in [1.165, 1.54) is 24.3 Å². The van der Waals surface area contributed by atoms with Crippen LogP contribution in [0.3, 0.4) is 0 Å². The number of nitrogens with two attached hydrogens (primary N) is 1. The van der Waals surface area contributed by atoms with E-state index in [0.717, 1.165) is 0 Å². The Morgan fingerprint density at radius 1 is 1.60 bits per heavy atom. The van der Waals surface area contributed by atoms with Gasteiger partial charge in [-0.1, -0.05) is 12.2 Å². The summed E-state index contributed by atoms with van der Waals surface area (Å²) in [6.07, 6.45) is 1.32. The van der Waals surface area contributed by atoms with E-state index in [1.54, 1.807) is 0 Å². The first kappa shape index (κ1) is 11.0. The Hall–Kier alpha value is -2.11. The topological polar surface area (TPSA) is 98.6 Å². The minimum Gasteiger partial charge on any atom is -0.389 e. The fourth-order valence-electron chi connectivity index (χ4n) is 0.982. The highest BCUT2D eigenvalue weighted by atomic mass is 32.1. The van der Waals surface area contributed by atoms with Crippen LogP contribution >= 0.6 is 12.2 Å². The third kappa shape index (κ3) is 2.43. The van der Waals surface area contributed by atoms with E-state index in [0.29, 0.717) is 0 Å². The molecule has 1 aromatic carbocycles. The fourth-order valence-corrected chi connectivity index (χ4v) is 1.15. The van der Waals surface area contributed by atoms with Gasteiger partial charge in [0, 0.05) is 17.7 Å². The number of nitro groups is 1. The molecule has 6 nitrogen and oxygen atoms in total. The molecular weight excluding hydrogens is 218 g/mol. The minimum atomic E-state index is -0.587. The van der Waals surface area contributed by atoms with Gasteiger partial charge in [-0.3, -0.25) is 10.1 Å². The number of nitrogens with zero attached hydrogens (tertiary/aromatic N) is 2. The van der Waals surface area contributed by atoms with Crippen LogP contribution in [0.2, 0.25) is 0 Å². The second-order valence-electron chi connectivity index (χ2n) is 2.53. The van der Waals surface area contributed by atoms with Crippen LogP contribution in [-0.4, -0.2) is 16.0 Å². The zero-order valence-corrected chi connectivity index (χ0v) is 8.15. The zero-order chi connectivity index (χ0) is 11.4. The van der Waals surface area contributed by atoms with Crippen molar-refractivity contribution in [1.82, 2.24) is 0 Å². The van der Waals surface area contributed by atoms with Gasteiger partial charge in [-0.15, -0.1) is 0 Å². The molecular formula is C8H5N3O3S. The molecule has 0 aromatic heterocycles. The van der Waals surface area contributed by atoms with E-state index in [2.05, 4.69) is 17.2 Å². The molecule has 0 saturated heterocycles. The number of hydrogen-bond acceptors (Lipinski definition) is 5. The van der Waals surface area contributed by atoms with Gasteiger partial charge in [0.05, 0.1) is 10.6 Å². The molecule has 2 N–H and O–H groups in total. The van der Waals surface area contributed by atoms with E-state index >= 15 is 0 Å².